The molecule has 0 aliphatic carbocycles. The summed E-state index contributed by atoms with van der Waals surface area (Å²) in [5.41, 5.74) is 0.963. The molecule has 152 valence electrons. The summed E-state index contributed by atoms with van der Waals surface area (Å²) < 4.78 is 5.21. The van der Waals surface area contributed by atoms with Gasteiger partial charge in [-0.05, 0) is 45.0 Å². The molecule has 0 spiro atoms. The van der Waals surface area contributed by atoms with Crippen molar-refractivity contribution in [1.82, 2.24) is 15.5 Å². The zero-order chi connectivity index (χ0) is 19.2. The van der Waals surface area contributed by atoms with Crippen molar-refractivity contribution in [1.29, 1.82) is 0 Å². The number of rotatable bonds is 4. The smallest absolute Gasteiger partial charge is 0.239 e. The van der Waals surface area contributed by atoms with Crippen LogP contribution in [0.15, 0.2) is 29.3 Å². The second-order valence-corrected chi connectivity index (χ2v) is 7.37. The summed E-state index contributed by atoms with van der Waals surface area (Å²) in [5, 5.41) is 6.11. The van der Waals surface area contributed by atoms with Crippen molar-refractivity contribution in [3.05, 3.63) is 24.3 Å². The molecule has 1 aromatic rings. The average molecular weight is 489 g/mol. The fourth-order valence-corrected chi connectivity index (χ4v) is 2.92. The van der Waals surface area contributed by atoms with E-state index in [1.54, 1.807) is 14.2 Å². The summed E-state index contributed by atoms with van der Waals surface area (Å²) in [4.78, 5) is 20.8. The van der Waals surface area contributed by atoms with Gasteiger partial charge in [-0.25, -0.2) is 0 Å². The van der Waals surface area contributed by atoms with Crippen LogP contribution in [0.5, 0.6) is 5.75 Å². The van der Waals surface area contributed by atoms with E-state index in [9.17, 15) is 4.79 Å². The fraction of sp³-hybridized carbons (Fsp3) is 0.579. The van der Waals surface area contributed by atoms with Gasteiger partial charge in [0.05, 0.1) is 13.7 Å². The van der Waals surface area contributed by atoms with Gasteiger partial charge in [0.25, 0.3) is 0 Å². The molecule has 2 rings (SSSR count). The van der Waals surface area contributed by atoms with Gasteiger partial charge < -0.3 is 25.2 Å². The highest BCUT2D eigenvalue weighted by molar-refractivity contribution is 14.0. The van der Waals surface area contributed by atoms with Crippen molar-refractivity contribution in [3.8, 4) is 5.75 Å². The number of aliphatic imine (C=N–C) groups is 1. The number of hydrogen-bond acceptors (Lipinski definition) is 4. The largest absolute Gasteiger partial charge is 0.497 e. The zero-order valence-corrected chi connectivity index (χ0v) is 19.2. The molecular weight excluding hydrogens is 457 g/mol. The van der Waals surface area contributed by atoms with Gasteiger partial charge >= 0.3 is 0 Å². The number of anilines is 1. The number of piperazine rings is 1. The van der Waals surface area contributed by atoms with Crippen LogP contribution in [-0.4, -0.2) is 69.2 Å². The SMILES string of the molecule is CN=C(NCC(=O)NC(C)(C)C)N1CCN(c2ccc(OC)cc2)CC1.I. The molecule has 0 saturated carbocycles. The summed E-state index contributed by atoms with van der Waals surface area (Å²) in [7, 11) is 3.42. The van der Waals surface area contributed by atoms with Crippen LogP contribution in [0.4, 0.5) is 5.69 Å². The first kappa shape index (κ1) is 23.3. The Morgan fingerprint density at radius 2 is 1.74 bits per heavy atom. The molecule has 0 radical (unpaired) electrons. The van der Waals surface area contributed by atoms with Crippen molar-refractivity contribution in [2.24, 2.45) is 4.99 Å². The van der Waals surface area contributed by atoms with E-state index < -0.39 is 0 Å². The molecule has 1 amide bonds. The summed E-state index contributed by atoms with van der Waals surface area (Å²) in [6.07, 6.45) is 0. The van der Waals surface area contributed by atoms with Crippen LogP contribution in [-0.2, 0) is 4.79 Å². The first-order valence-corrected chi connectivity index (χ1v) is 8.98. The minimum Gasteiger partial charge on any atom is -0.497 e. The normalized spacial score (nSPS) is 15.1. The Labute approximate surface area is 179 Å². The van der Waals surface area contributed by atoms with Gasteiger partial charge in [0.1, 0.15) is 5.75 Å². The Morgan fingerprint density at radius 1 is 1.15 bits per heavy atom. The van der Waals surface area contributed by atoms with Crippen molar-refractivity contribution in [2.75, 3.05) is 51.8 Å². The monoisotopic (exact) mass is 489 g/mol. The Kier molecular flexibility index (Phi) is 9.14. The third-order valence-electron chi connectivity index (χ3n) is 4.15. The maximum absolute atomic E-state index is 12.0. The molecule has 1 aliphatic heterocycles. The van der Waals surface area contributed by atoms with E-state index in [4.69, 9.17) is 4.74 Å². The third kappa shape index (κ3) is 7.43. The number of carbonyl (C=O) groups excluding carboxylic acids is 1. The Balaban J connectivity index is 0.00000364. The molecule has 0 atom stereocenters. The average Bonchev–Trinajstić information content (AvgIpc) is 2.61. The third-order valence-corrected chi connectivity index (χ3v) is 4.15. The number of hydrogen-bond donors (Lipinski definition) is 2. The second kappa shape index (κ2) is 10.6. The first-order valence-electron chi connectivity index (χ1n) is 8.98. The topological polar surface area (TPSA) is 69.2 Å². The van der Waals surface area contributed by atoms with Crippen molar-refractivity contribution < 1.29 is 9.53 Å². The predicted octanol–water partition coefficient (Wildman–Crippen LogP) is 1.93. The van der Waals surface area contributed by atoms with Gasteiger partial charge in [0, 0.05) is 44.5 Å². The number of nitrogens with zero attached hydrogens (tertiary/aromatic N) is 3. The molecule has 1 aromatic carbocycles. The van der Waals surface area contributed by atoms with Crippen LogP contribution in [0.3, 0.4) is 0 Å². The Bertz CT molecular complexity index is 620. The van der Waals surface area contributed by atoms with Gasteiger partial charge in [-0.2, -0.15) is 0 Å². The number of halogens is 1. The van der Waals surface area contributed by atoms with Crippen molar-refractivity contribution in [2.45, 2.75) is 26.3 Å². The molecule has 0 unspecified atom stereocenters. The number of ether oxygens (including phenoxy) is 1. The highest BCUT2D eigenvalue weighted by Gasteiger charge is 2.21. The number of guanidine groups is 1. The molecule has 7 nitrogen and oxygen atoms in total. The highest BCUT2D eigenvalue weighted by atomic mass is 127. The molecule has 0 bridgehead atoms. The van der Waals surface area contributed by atoms with E-state index in [0.717, 1.165) is 37.9 Å². The molecule has 2 N–H and O–H groups in total. The van der Waals surface area contributed by atoms with Crippen LogP contribution >= 0.6 is 24.0 Å². The fourth-order valence-electron chi connectivity index (χ4n) is 2.92. The summed E-state index contributed by atoms with van der Waals surface area (Å²) in [5.74, 6) is 1.60. The van der Waals surface area contributed by atoms with Crippen LogP contribution < -0.4 is 20.3 Å². The lowest BCUT2D eigenvalue weighted by Gasteiger charge is -2.37. The van der Waals surface area contributed by atoms with Crippen molar-refractivity contribution in [3.63, 3.8) is 0 Å². The van der Waals surface area contributed by atoms with E-state index in [1.807, 2.05) is 32.9 Å². The van der Waals surface area contributed by atoms with Crippen LogP contribution in [0.25, 0.3) is 0 Å². The molecular formula is C19H32IN5O2. The zero-order valence-electron chi connectivity index (χ0n) is 16.9. The van der Waals surface area contributed by atoms with E-state index in [-0.39, 0.29) is 42.0 Å². The van der Waals surface area contributed by atoms with Crippen LogP contribution in [0.1, 0.15) is 20.8 Å². The second-order valence-electron chi connectivity index (χ2n) is 7.37. The lowest BCUT2D eigenvalue weighted by atomic mass is 10.1. The van der Waals surface area contributed by atoms with Crippen LogP contribution in [0.2, 0.25) is 0 Å². The molecule has 1 aliphatic rings. The van der Waals surface area contributed by atoms with Gasteiger partial charge in [-0.3, -0.25) is 9.79 Å². The van der Waals surface area contributed by atoms with E-state index >= 15 is 0 Å². The van der Waals surface area contributed by atoms with Gasteiger partial charge in [0.2, 0.25) is 5.91 Å². The number of benzene rings is 1. The standard InChI is InChI=1S/C19H31N5O2.HI/c1-19(2,3)22-17(25)14-21-18(20-4)24-12-10-23(11-13-24)15-6-8-16(26-5)9-7-15;/h6-9H,10-14H2,1-5H3,(H,20,21)(H,22,25);1H. The van der Waals surface area contributed by atoms with Gasteiger partial charge in [0.15, 0.2) is 5.96 Å². The quantitative estimate of drug-likeness (QED) is 0.385. The van der Waals surface area contributed by atoms with Gasteiger partial charge in [-0.15, -0.1) is 24.0 Å². The highest BCUT2D eigenvalue weighted by Crippen LogP contribution is 2.20. The number of nitrogens with one attached hydrogen (secondary N) is 2. The molecule has 1 fully saturated rings. The first-order chi connectivity index (χ1) is 12.3. The van der Waals surface area contributed by atoms with E-state index in [0.29, 0.717) is 0 Å². The van der Waals surface area contributed by atoms with Crippen LogP contribution in [0, 0.1) is 0 Å². The minimum atomic E-state index is -0.230. The van der Waals surface area contributed by atoms with E-state index in [1.165, 1.54) is 5.69 Å². The summed E-state index contributed by atoms with van der Waals surface area (Å²) >= 11 is 0. The Hall–Kier alpha value is -1.71. The number of carbonyl (C=O) groups is 1. The molecule has 27 heavy (non-hydrogen) atoms. The summed E-state index contributed by atoms with van der Waals surface area (Å²) in [6.45, 7) is 9.65. The lowest BCUT2D eigenvalue weighted by Crippen LogP contribution is -2.54. The molecule has 0 aromatic heterocycles. The van der Waals surface area contributed by atoms with Crippen molar-refractivity contribution >= 4 is 41.5 Å². The number of methoxy groups -OCH3 is 1. The Morgan fingerprint density at radius 3 is 2.22 bits per heavy atom. The van der Waals surface area contributed by atoms with E-state index in [2.05, 4.69) is 37.6 Å². The predicted molar refractivity (Wildman–Crippen MR) is 121 cm³/mol. The number of amides is 1. The molecule has 8 heteroatoms. The molecule has 1 heterocycles. The molecule has 1 saturated heterocycles. The minimum absolute atomic E-state index is 0. The van der Waals surface area contributed by atoms with Gasteiger partial charge in [-0.1, -0.05) is 0 Å². The lowest BCUT2D eigenvalue weighted by molar-refractivity contribution is -0.121. The maximum Gasteiger partial charge on any atom is 0.239 e. The maximum atomic E-state index is 12.0. The summed E-state index contributed by atoms with van der Waals surface area (Å²) in [6, 6.07) is 8.13.